The van der Waals surface area contributed by atoms with E-state index in [9.17, 15) is 8.42 Å². The molecule has 1 rings (SSSR count). The fraction of sp³-hybridized carbons (Fsp3) is 0.333. The molecule has 5 nitrogen and oxygen atoms in total. The van der Waals surface area contributed by atoms with Gasteiger partial charge in [-0.3, -0.25) is 0 Å². The molecule has 1 N–H and O–H groups in total. The minimum absolute atomic E-state index is 0.0289. The predicted molar refractivity (Wildman–Crippen MR) is 70.7 cm³/mol. The van der Waals surface area contributed by atoms with Crippen molar-refractivity contribution in [2.24, 2.45) is 5.41 Å². The lowest BCUT2D eigenvalue weighted by Crippen LogP contribution is -2.33. The maximum atomic E-state index is 12.1. The summed E-state index contributed by atoms with van der Waals surface area (Å²) >= 11 is 5.83. The molecule has 0 unspecified atom stereocenters. The molecule has 19 heavy (non-hydrogen) atoms. The Hall–Kier alpha value is -1.60. The van der Waals surface area contributed by atoms with Gasteiger partial charge in [0, 0.05) is 6.54 Å². The molecular formula is C12H12ClN3O2S. The first-order valence-corrected chi connectivity index (χ1v) is 7.18. The molecular weight excluding hydrogens is 286 g/mol. The Labute approximate surface area is 117 Å². The van der Waals surface area contributed by atoms with E-state index < -0.39 is 15.4 Å². The van der Waals surface area contributed by atoms with Gasteiger partial charge in [0.1, 0.15) is 4.90 Å². The van der Waals surface area contributed by atoms with E-state index in [4.69, 9.17) is 22.1 Å². The molecule has 1 aromatic rings. The van der Waals surface area contributed by atoms with E-state index in [2.05, 4.69) is 4.72 Å². The Balaban J connectivity index is 3.09. The fourth-order valence-electron chi connectivity index (χ4n) is 1.17. The number of nitrogens with one attached hydrogen (secondary N) is 1. The summed E-state index contributed by atoms with van der Waals surface area (Å²) in [5, 5.41) is 17.6. The number of benzene rings is 1. The van der Waals surface area contributed by atoms with Crippen molar-refractivity contribution in [3.63, 3.8) is 0 Å². The molecule has 0 bridgehead atoms. The van der Waals surface area contributed by atoms with Gasteiger partial charge in [0.15, 0.2) is 0 Å². The number of hydrogen-bond acceptors (Lipinski definition) is 4. The molecule has 0 atom stereocenters. The van der Waals surface area contributed by atoms with Gasteiger partial charge in [-0.25, -0.2) is 13.1 Å². The lowest BCUT2D eigenvalue weighted by Gasteiger charge is -2.16. The standard InChI is InChI=1S/C12H12ClN3O2S/c1-12(2,7-15)8-16-19(17,18)11-5-9(6-14)3-4-10(11)13/h3-5,16H,8H2,1-2H3. The molecule has 0 aliphatic heterocycles. The fourth-order valence-corrected chi connectivity index (χ4v) is 2.91. The first-order valence-electron chi connectivity index (χ1n) is 5.32. The minimum Gasteiger partial charge on any atom is -0.210 e. The van der Waals surface area contributed by atoms with Gasteiger partial charge < -0.3 is 0 Å². The molecule has 0 saturated heterocycles. The van der Waals surface area contributed by atoms with Gasteiger partial charge in [-0.2, -0.15) is 10.5 Å². The van der Waals surface area contributed by atoms with Crippen molar-refractivity contribution in [3.05, 3.63) is 28.8 Å². The van der Waals surface area contributed by atoms with Crippen LogP contribution < -0.4 is 4.72 Å². The average molecular weight is 298 g/mol. The van der Waals surface area contributed by atoms with Crippen molar-refractivity contribution in [1.82, 2.24) is 4.72 Å². The van der Waals surface area contributed by atoms with Crippen LogP contribution in [-0.2, 0) is 10.0 Å². The van der Waals surface area contributed by atoms with Crippen LogP contribution in [0.3, 0.4) is 0 Å². The molecule has 0 aromatic heterocycles. The molecule has 0 saturated carbocycles. The van der Waals surface area contributed by atoms with Crippen molar-refractivity contribution in [2.45, 2.75) is 18.7 Å². The molecule has 0 amide bonds. The van der Waals surface area contributed by atoms with E-state index in [1.807, 2.05) is 12.1 Å². The van der Waals surface area contributed by atoms with Crippen molar-refractivity contribution < 1.29 is 8.42 Å². The summed E-state index contributed by atoms with van der Waals surface area (Å²) < 4.78 is 26.5. The van der Waals surface area contributed by atoms with Crippen molar-refractivity contribution in [2.75, 3.05) is 6.54 Å². The summed E-state index contributed by atoms with van der Waals surface area (Å²) in [5.41, 5.74) is -0.629. The number of hydrogen-bond donors (Lipinski definition) is 1. The second-order valence-corrected chi connectivity index (χ2v) is 6.72. The van der Waals surface area contributed by atoms with E-state index in [0.29, 0.717) is 0 Å². The zero-order valence-corrected chi connectivity index (χ0v) is 12.0. The zero-order chi connectivity index (χ0) is 14.7. The maximum absolute atomic E-state index is 12.1. The second kappa shape index (κ2) is 5.58. The SMILES string of the molecule is CC(C)(C#N)CNS(=O)(=O)c1cc(C#N)ccc1Cl. The maximum Gasteiger partial charge on any atom is 0.242 e. The molecule has 100 valence electrons. The summed E-state index contributed by atoms with van der Waals surface area (Å²) in [5.74, 6) is 0. The van der Waals surface area contributed by atoms with Crippen LogP contribution in [0.2, 0.25) is 5.02 Å². The monoisotopic (exact) mass is 297 g/mol. The Morgan fingerprint density at radius 2 is 2.00 bits per heavy atom. The van der Waals surface area contributed by atoms with Crippen LogP contribution in [0.4, 0.5) is 0 Å². The zero-order valence-electron chi connectivity index (χ0n) is 10.4. The van der Waals surface area contributed by atoms with Gasteiger partial charge in [0.25, 0.3) is 0 Å². The summed E-state index contributed by atoms with van der Waals surface area (Å²) in [6.45, 7) is 3.19. The van der Waals surface area contributed by atoms with E-state index in [1.54, 1.807) is 13.8 Å². The third kappa shape index (κ3) is 3.93. The smallest absolute Gasteiger partial charge is 0.210 e. The van der Waals surface area contributed by atoms with E-state index in [1.165, 1.54) is 18.2 Å². The lowest BCUT2D eigenvalue weighted by atomic mass is 9.97. The third-order valence-electron chi connectivity index (χ3n) is 2.36. The molecule has 0 heterocycles. The highest BCUT2D eigenvalue weighted by Crippen LogP contribution is 2.23. The molecule has 1 aromatic carbocycles. The topological polar surface area (TPSA) is 93.8 Å². The molecule has 0 aliphatic carbocycles. The van der Waals surface area contributed by atoms with E-state index in [-0.39, 0.29) is 22.0 Å². The lowest BCUT2D eigenvalue weighted by molar-refractivity contribution is 0.479. The number of nitrogens with zero attached hydrogens (tertiary/aromatic N) is 2. The number of nitriles is 2. The average Bonchev–Trinajstić information content (AvgIpc) is 2.37. The highest BCUT2D eigenvalue weighted by Gasteiger charge is 2.23. The first-order chi connectivity index (χ1) is 8.72. The van der Waals surface area contributed by atoms with Gasteiger partial charge in [0.2, 0.25) is 10.0 Å². The van der Waals surface area contributed by atoms with Gasteiger partial charge >= 0.3 is 0 Å². The van der Waals surface area contributed by atoms with Gasteiger partial charge in [-0.05, 0) is 32.0 Å². The Kier molecular flexibility index (Phi) is 4.54. The molecule has 0 radical (unpaired) electrons. The van der Waals surface area contributed by atoms with Crippen LogP contribution in [0, 0.1) is 28.1 Å². The predicted octanol–water partition coefficient (Wildman–Crippen LogP) is 2.04. The van der Waals surface area contributed by atoms with E-state index >= 15 is 0 Å². The quantitative estimate of drug-likeness (QED) is 0.920. The molecule has 0 aliphatic rings. The Morgan fingerprint density at radius 1 is 1.37 bits per heavy atom. The Morgan fingerprint density at radius 3 is 2.53 bits per heavy atom. The van der Waals surface area contributed by atoms with Crippen molar-refractivity contribution in [1.29, 1.82) is 10.5 Å². The van der Waals surface area contributed by atoms with Gasteiger partial charge in [-0.1, -0.05) is 11.6 Å². The third-order valence-corrected chi connectivity index (χ3v) is 4.24. The summed E-state index contributed by atoms with van der Waals surface area (Å²) in [7, 11) is -3.85. The van der Waals surface area contributed by atoms with Crippen molar-refractivity contribution >= 4 is 21.6 Å². The molecule has 0 spiro atoms. The number of halogens is 1. The highest BCUT2D eigenvalue weighted by molar-refractivity contribution is 7.89. The number of sulfonamides is 1. The molecule has 7 heteroatoms. The van der Waals surface area contributed by atoms with E-state index in [0.717, 1.165) is 0 Å². The summed E-state index contributed by atoms with van der Waals surface area (Å²) in [6.07, 6.45) is 0. The van der Waals surface area contributed by atoms with Crippen LogP contribution in [0.15, 0.2) is 23.1 Å². The first kappa shape index (κ1) is 15.5. The van der Waals surface area contributed by atoms with Crippen LogP contribution in [-0.4, -0.2) is 15.0 Å². The van der Waals surface area contributed by atoms with Gasteiger partial charge in [0.05, 0.1) is 28.1 Å². The Bertz CT molecular complexity index is 669. The minimum atomic E-state index is -3.85. The highest BCUT2D eigenvalue weighted by atomic mass is 35.5. The van der Waals surface area contributed by atoms with Crippen molar-refractivity contribution in [3.8, 4) is 12.1 Å². The number of rotatable bonds is 4. The molecule has 0 fully saturated rings. The van der Waals surface area contributed by atoms with Crippen LogP contribution in [0.25, 0.3) is 0 Å². The summed E-state index contributed by atoms with van der Waals surface area (Å²) in [4.78, 5) is -0.165. The van der Waals surface area contributed by atoms with Gasteiger partial charge in [-0.15, -0.1) is 0 Å². The largest absolute Gasteiger partial charge is 0.242 e. The second-order valence-electron chi connectivity index (χ2n) is 4.58. The van der Waals surface area contributed by atoms with Crippen LogP contribution in [0.1, 0.15) is 19.4 Å². The van der Waals surface area contributed by atoms with Crippen LogP contribution >= 0.6 is 11.6 Å². The normalized spacial score (nSPS) is 11.6. The van der Waals surface area contributed by atoms with Crippen LogP contribution in [0.5, 0.6) is 0 Å². The summed E-state index contributed by atoms with van der Waals surface area (Å²) in [6, 6.07) is 7.82.